The van der Waals surface area contributed by atoms with Gasteiger partial charge in [-0.15, -0.1) is 0 Å². The van der Waals surface area contributed by atoms with Crippen molar-refractivity contribution in [2.24, 2.45) is 4.99 Å². The minimum Gasteiger partial charge on any atom is -0.493 e. The number of carbonyl (C=O) groups excluding carboxylic acids is 1. The van der Waals surface area contributed by atoms with Crippen LogP contribution in [0.4, 0.5) is 0 Å². The smallest absolute Gasteiger partial charge is 0.338 e. The molecule has 2 aromatic carbocycles. The molecule has 0 bridgehead atoms. The number of carbonyl (C=O) groups is 1. The molecule has 2 heterocycles. The Labute approximate surface area is 249 Å². The van der Waals surface area contributed by atoms with Gasteiger partial charge in [-0.2, -0.15) is 0 Å². The van der Waals surface area contributed by atoms with Crippen LogP contribution in [-0.2, 0) is 9.53 Å². The predicted octanol–water partition coefficient (Wildman–Crippen LogP) is 4.56. The van der Waals surface area contributed by atoms with Crippen molar-refractivity contribution < 1.29 is 28.5 Å². The van der Waals surface area contributed by atoms with Gasteiger partial charge in [-0.1, -0.05) is 36.1 Å². The summed E-state index contributed by atoms with van der Waals surface area (Å²) in [6.07, 6.45) is 3.38. The van der Waals surface area contributed by atoms with E-state index in [1.807, 2.05) is 39.0 Å². The molecular weight excluding hydrogens is 556 g/mol. The molecule has 0 N–H and O–H groups in total. The molecule has 0 saturated heterocycles. The lowest BCUT2D eigenvalue weighted by Gasteiger charge is -2.25. The normalized spacial score (nSPS) is 14.7. The third-order valence-electron chi connectivity index (χ3n) is 6.31. The fourth-order valence-electron chi connectivity index (χ4n) is 4.61. The van der Waals surface area contributed by atoms with Crippen LogP contribution >= 0.6 is 11.3 Å². The standard InChI is InChI=1S/C32H36N2O7S/c1-8-15-40-23-13-11-21(16-26(23)38-9-2)17-27-30(35)34-29(22-12-14-24(41-19(4)5)25(18-22)37-7)28(31(36)39-10-3)20(6)33-32(34)42-27/h8,11-14,16-19,29H,1,9-10,15H2,2-7H3/b27-17-/t29-/m1/s1. The average Bonchev–Trinajstić information content (AvgIpc) is 3.26. The van der Waals surface area contributed by atoms with E-state index in [4.69, 9.17) is 23.7 Å². The molecule has 42 heavy (non-hydrogen) atoms. The monoisotopic (exact) mass is 592 g/mol. The number of hydrogen-bond acceptors (Lipinski definition) is 9. The van der Waals surface area contributed by atoms with Gasteiger partial charge in [0.1, 0.15) is 6.61 Å². The number of methoxy groups -OCH3 is 1. The molecule has 0 radical (unpaired) electrons. The number of esters is 1. The zero-order valence-corrected chi connectivity index (χ0v) is 25.6. The van der Waals surface area contributed by atoms with E-state index >= 15 is 0 Å². The molecular formula is C32H36N2O7S. The minimum absolute atomic E-state index is 0.0643. The highest BCUT2D eigenvalue weighted by Gasteiger charge is 2.34. The fraction of sp³-hybridized carbons (Fsp3) is 0.344. The maximum absolute atomic E-state index is 14.0. The van der Waals surface area contributed by atoms with Crippen molar-refractivity contribution in [1.29, 1.82) is 0 Å². The van der Waals surface area contributed by atoms with Gasteiger partial charge in [0.15, 0.2) is 27.8 Å². The zero-order valence-electron chi connectivity index (χ0n) is 24.8. The second-order valence-electron chi connectivity index (χ2n) is 9.62. The summed E-state index contributed by atoms with van der Waals surface area (Å²) in [5.74, 6) is 1.67. The first-order valence-electron chi connectivity index (χ1n) is 13.8. The van der Waals surface area contributed by atoms with E-state index in [0.717, 1.165) is 5.56 Å². The molecule has 1 aliphatic heterocycles. The van der Waals surface area contributed by atoms with Crippen LogP contribution in [0.1, 0.15) is 51.8 Å². The van der Waals surface area contributed by atoms with E-state index in [1.165, 1.54) is 11.3 Å². The van der Waals surface area contributed by atoms with Crippen LogP contribution in [0.5, 0.6) is 23.0 Å². The summed E-state index contributed by atoms with van der Waals surface area (Å²) in [6.45, 7) is 13.9. The molecule has 0 unspecified atom stereocenters. The van der Waals surface area contributed by atoms with Crippen LogP contribution in [0.25, 0.3) is 6.08 Å². The maximum atomic E-state index is 14.0. The van der Waals surface area contributed by atoms with Crippen LogP contribution in [0.2, 0.25) is 0 Å². The number of thiazole rings is 1. The summed E-state index contributed by atoms with van der Waals surface area (Å²) < 4.78 is 30.4. The van der Waals surface area contributed by atoms with Crippen molar-refractivity contribution in [3.8, 4) is 23.0 Å². The fourth-order valence-corrected chi connectivity index (χ4v) is 5.66. The van der Waals surface area contributed by atoms with Crippen LogP contribution in [0.3, 0.4) is 0 Å². The van der Waals surface area contributed by atoms with Gasteiger partial charge in [-0.25, -0.2) is 9.79 Å². The van der Waals surface area contributed by atoms with Crippen molar-refractivity contribution in [2.75, 3.05) is 26.9 Å². The Morgan fingerprint density at radius 1 is 1.07 bits per heavy atom. The molecule has 1 atom stereocenters. The summed E-state index contributed by atoms with van der Waals surface area (Å²) in [6, 6.07) is 10.1. The highest BCUT2D eigenvalue weighted by atomic mass is 32.1. The van der Waals surface area contributed by atoms with Gasteiger partial charge in [-0.05, 0) is 76.1 Å². The number of ether oxygens (including phenoxy) is 5. The molecule has 1 aromatic heterocycles. The van der Waals surface area contributed by atoms with Gasteiger partial charge in [0.25, 0.3) is 5.56 Å². The molecule has 222 valence electrons. The largest absolute Gasteiger partial charge is 0.493 e. The van der Waals surface area contributed by atoms with Gasteiger partial charge in [0.05, 0.1) is 48.3 Å². The first-order chi connectivity index (χ1) is 20.2. The van der Waals surface area contributed by atoms with E-state index in [2.05, 4.69) is 11.6 Å². The number of rotatable bonds is 12. The number of benzene rings is 2. The topological polar surface area (TPSA) is 97.6 Å². The SMILES string of the molecule is C=CCOc1ccc(/C=c2\sc3n(c2=O)[C@H](c2ccc(OC(C)C)c(OC)c2)C(C(=O)OCC)=C(C)N=3)cc1OCC. The number of allylic oxidation sites excluding steroid dienone is 1. The predicted molar refractivity (Wildman–Crippen MR) is 162 cm³/mol. The highest BCUT2D eigenvalue weighted by Crippen LogP contribution is 2.36. The molecule has 4 rings (SSSR count). The van der Waals surface area contributed by atoms with Gasteiger partial charge >= 0.3 is 5.97 Å². The number of nitrogens with zero attached hydrogens (tertiary/aromatic N) is 2. The first kappa shape index (κ1) is 30.6. The van der Waals surface area contributed by atoms with E-state index in [1.54, 1.807) is 55.9 Å². The van der Waals surface area contributed by atoms with Crippen LogP contribution in [0, 0.1) is 0 Å². The third-order valence-corrected chi connectivity index (χ3v) is 7.29. The quantitative estimate of drug-likeness (QED) is 0.225. The van der Waals surface area contributed by atoms with Crippen molar-refractivity contribution in [2.45, 2.75) is 46.8 Å². The summed E-state index contributed by atoms with van der Waals surface area (Å²) in [4.78, 5) is 32.4. The third kappa shape index (κ3) is 6.44. The van der Waals surface area contributed by atoms with Gasteiger partial charge in [0, 0.05) is 0 Å². The van der Waals surface area contributed by atoms with Crippen molar-refractivity contribution in [1.82, 2.24) is 4.57 Å². The first-order valence-corrected chi connectivity index (χ1v) is 14.6. The van der Waals surface area contributed by atoms with E-state index in [-0.39, 0.29) is 23.8 Å². The Morgan fingerprint density at radius 3 is 2.50 bits per heavy atom. The Balaban J connectivity index is 1.89. The van der Waals surface area contributed by atoms with Gasteiger partial charge < -0.3 is 23.7 Å². The van der Waals surface area contributed by atoms with Gasteiger partial charge in [0.2, 0.25) is 0 Å². The summed E-state index contributed by atoms with van der Waals surface area (Å²) in [7, 11) is 1.55. The number of fused-ring (bicyclic) bond motifs is 1. The Hall–Kier alpha value is -4.31. The summed E-state index contributed by atoms with van der Waals surface area (Å²) >= 11 is 1.25. The second-order valence-corrected chi connectivity index (χ2v) is 10.6. The number of aromatic nitrogens is 1. The molecule has 1 aliphatic rings. The molecule has 10 heteroatoms. The minimum atomic E-state index is -0.780. The van der Waals surface area contributed by atoms with Crippen LogP contribution < -0.4 is 33.8 Å². The Bertz CT molecular complexity index is 1680. The Morgan fingerprint density at radius 2 is 1.83 bits per heavy atom. The summed E-state index contributed by atoms with van der Waals surface area (Å²) in [5.41, 5.74) is 1.90. The molecule has 0 amide bonds. The lowest BCUT2D eigenvalue weighted by atomic mass is 9.95. The van der Waals surface area contributed by atoms with Crippen LogP contribution in [0.15, 0.2) is 70.1 Å². The zero-order chi connectivity index (χ0) is 30.4. The van der Waals surface area contributed by atoms with Crippen molar-refractivity contribution in [3.05, 3.63) is 91.1 Å². The second kappa shape index (κ2) is 13.6. The van der Waals surface area contributed by atoms with Crippen molar-refractivity contribution >= 4 is 23.4 Å². The maximum Gasteiger partial charge on any atom is 0.338 e. The van der Waals surface area contributed by atoms with Crippen molar-refractivity contribution in [3.63, 3.8) is 0 Å². The van der Waals surface area contributed by atoms with E-state index < -0.39 is 12.0 Å². The molecule has 3 aromatic rings. The molecule has 0 spiro atoms. The molecule has 0 aliphatic carbocycles. The lowest BCUT2D eigenvalue weighted by molar-refractivity contribution is -0.139. The van der Waals surface area contributed by atoms with E-state index in [0.29, 0.717) is 56.8 Å². The molecule has 9 nitrogen and oxygen atoms in total. The van der Waals surface area contributed by atoms with E-state index in [9.17, 15) is 9.59 Å². The molecule has 0 saturated carbocycles. The van der Waals surface area contributed by atoms with Crippen LogP contribution in [-0.4, -0.2) is 43.6 Å². The Kier molecular flexibility index (Phi) is 9.90. The number of hydrogen-bond donors (Lipinski definition) is 0. The summed E-state index contributed by atoms with van der Waals surface area (Å²) in [5, 5.41) is 0. The average molecular weight is 593 g/mol. The lowest BCUT2D eigenvalue weighted by Crippen LogP contribution is -2.40. The highest BCUT2D eigenvalue weighted by molar-refractivity contribution is 7.07. The molecule has 0 fully saturated rings. The van der Waals surface area contributed by atoms with Gasteiger partial charge in [-0.3, -0.25) is 9.36 Å².